The van der Waals surface area contributed by atoms with Crippen LogP contribution in [0.15, 0.2) is 24.3 Å². The monoisotopic (exact) mass is 341 g/mol. The minimum absolute atomic E-state index is 0.207. The van der Waals surface area contributed by atoms with Gasteiger partial charge in [0.1, 0.15) is 5.82 Å². The third-order valence-electron chi connectivity index (χ3n) is 7.73. The highest BCUT2D eigenvalue weighted by Gasteiger charge is 2.54. The largest absolute Gasteiger partial charge is 0.339 e. The van der Waals surface area contributed by atoms with Crippen molar-refractivity contribution in [3.05, 3.63) is 35.6 Å². The fourth-order valence-corrected chi connectivity index (χ4v) is 6.83. The van der Waals surface area contributed by atoms with Gasteiger partial charge in [0.25, 0.3) is 0 Å². The minimum atomic E-state index is -0.313. The molecule has 5 aliphatic rings. The molecule has 4 bridgehead atoms. The zero-order valence-electron chi connectivity index (χ0n) is 15.1. The number of nitrogens with zero attached hydrogens (tertiary/aromatic N) is 1. The van der Waals surface area contributed by atoms with Crippen LogP contribution in [0.3, 0.4) is 0 Å². The van der Waals surface area contributed by atoms with E-state index in [4.69, 9.17) is 0 Å². The molecule has 5 fully saturated rings. The minimum Gasteiger partial charge on any atom is -0.339 e. The van der Waals surface area contributed by atoms with Gasteiger partial charge in [-0.2, -0.15) is 0 Å². The quantitative estimate of drug-likeness (QED) is 0.796. The van der Waals surface area contributed by atoms with Crippen molar-refractivity contribution in [2.75, 3.05) is 6.54 Å². The Morgan fingerprint density at radius 2 is 1.64 bits per heavy atom. The lowest BCUT2D eigenvalue weighted by molar-refractivity contribution is -0.145. The smallest absolute Gasteiger partial charge is 0.229 e. The summed E-state index contributed by atoms with van der Waals surface area (Å²) in [5, 5.41) is 0. The number of rotatable bonds is 3. The number of benzene rings is 1. The second-order valence-corrected chi connectivity index (χ2v) is 9.53. The first-order valence-electron chi connectivity index (χ1n) is 10.1. The zero-order valence-corrected chi connectivity index (χ0v) is 15.1. The summed E-state index contributed by atoms with van der Waals surface area (Å²) in [6.45, 7) is 3.04. The van der Waals surface area contributed by atoms with Crippen molar-refractivity contribution in [3.8, 4) is 0 Å². The predicted molar refractivity (Wildman–Crippen MR) is 95.4 cm³/mol. The van der Waals surface area contributed by atoms with Crippen LogP contribution in [0.5, 0.6) is 0 Å². The van der Waals surface area contributed by atoms with E-state index in [9.17, 15) is 9.18 Å². The van der Waals surface area contributed by atoms with Crippen LogP contribution in [-0.2, 0) is 11.2 Å². The van der Waals surface area contributed by atoms with E-state index in [0.717, 1.165) is 48.6 Å². The maximum Gasteiger partial charge on any atom is 0.229 e. The molecule has 1 amide bonds. The Labute approximate surface area is 149 Å². The Morgan fingerprint density at radius 3 is 2.24 bits per heavy atom. The summed E-state index contributed by atoms with van der Waals surface area (Å²) in [7, 11) is 0. The molecule has 6 rings (SSSR count). The van der Waals surface area contributed by atoms with Gasteiger partial charge in [-0.3, -0.25) is 4.79 Å². The standard InChI is InChI=1S/C22H28FNO/c1-22(13-14-2-4-19(23)5-3-14)6-7-24(21(22)25)20-17-9-15-8-16(11-17)12-18(20)10-15/h2-5,15-18,20H,6-13H2,1H3. The van der Waals surface area contributed by atoms with Crippen molar-refractivity contribution < 1.29 is 9.18 Å². The molecule has 4 saturated carbocycles. The molecule has 0 radical (unpaired) electrons. The normalized spacial score (nSPS) is 42.4. The molecule has 1 aromatic carbocycles. The summed E-state index contributed by atoms with van der Waals surface area (Å²) < 4.78 is 13.2. The fourth-order valence-electron chi connectivity index (χ4n) is 6.83. The Bertz CT molecular complexity index is 656. The van der Waals surface area contributed by atoms with Crippen molar-refractivity contribution in [1.29, 1.82) is 0 Å². The molecule has 0 aromatic heterocycles. The second-order valence-electron chi connectivity index (χ2n) is 9.53. The van der Waals surface area contributed by atoms with E-state index in [1.54, 1.807) is 0 Å². The van der Waals surface area contributed by atoms with E-state index in [1.165, 1.54) is 44.2 Å². The number of hydrogen-bond donors (Lipinski definition) is 0. The van der Waals surface area contributed by atoms with Gasteiger partial charge in [-0.25, -0.2) is 4.39 Å². The van der Waals surface area contributed by atoms with Crippen LogP contribution in [0, 0.1) is 34.9 Å². The average Bonchev–Trinajstić information content (AvgIpc) is 2.85. The van der Waals surface area contributed by atoms with Crippen LogP contribution in [0.1, 0.15) is 51.0 Å². The maximum absolute atomic E-state index is 13.4. The van der Waals surface area contributed by atoms with Crippen molar-refractivity contribution in [2.24, 2.45) is 29.1 Å². The first-order valence-corrected chi connectivity index (χ1v) is 10.1. The van der Waals surface area contributed by atoms with E-state index < -0.39 is 0 Å². The molecule has 1 aliphatic heterocycles. The Morgan fingerprint density at radius 1 is 1.04 bits per heavy atom. The molecule has 1 heterocycles. The average molecular weight is 341 g/mol. The summed E-state index contributed by atoms with van der Waals surface area (Å²) >= 11 is 0. The molecular formula is C22H28FNO. The van der Waals surface area contributed by atoms with E-state index >= 15 is 0 Å². The van der Waals surface area contributed by atoms with Gasteiger partial charge < -0.3 is 4.90 Å². The molecule has 25 heavy (non-hydrogen) atoms. The second kappa shape index (κ2) is 5.56. The summed E-state index contributed by atoms with van der Waals surface area (Å²) in [5.41, 5.74) is 0.760. The van der Waals surface area contributed by atoms with Crippen LogP contribution in [0.4, 0.5) is 4.39 Å². The molecule has 1 saturated heterocycles. The number of carbonyl (C=O) groups is 1. The first-order chi connectivity index (χ1) is 12.0. The van der Waals surface area contributed by atoms with Crippen molar-refractivity contribution in [2.45, 2.75) is 57.9 Å². The lowest BCUT2D eigenvalue weighted by Crippen LogP contribution is -2.57. The first kappa shape index (κ1) is 15.8. The van der Waals surface area contributed by atoms with Crippen LogP contribution >= 0.6 is 0 Å². The number of hydrogen-bond acceptors (Lipinski definition) is 1. The van der Waals surface area contributed by atoms with Gasteiger partial charge in [-0.1, -0.05) is 19.1 Å². The summed E-state index contributed by atoms with van der Waals surface area (Å²) in [5.74, 6) is 3.56. The topological polar surface area (TPSA) is 20.3 Å². The molecule has 0 spiro atoms. The molecule has 4 aliphatic carbocycles. The van der Waals surface area contributed by atoms with Gasteiger partial charge in [-0.15, -0.1) is 0 Å². The fraction of sp³-hybridized carbons (Fsp3) is 0.682. The third-order valence-corrected chi connectivity index (χ3v) is 7.73. The van der Waals surface area contributed by atoms with Crippen LogP contribution in [0.2, 0.25) is 0 Å². The van der Waals surface area contributed by atoms with Gasteiger partial charge >= 0.3 is 0 Å². The van der Waals surface area contributed by atoms with E-state index in [0.29, 0.717) is 11.9 Å². The lowest BCUT2D eigenvalue weighted by Gasteiger charge is -2.56. The molecule has 2 nitrogen and oxygen atoms in total. The Kier molecular flexibility index (Phi) is 3.52. The van der Waals surface area contributed by atoms with Crippen molar-refractivity contribution in [1.82, 2.24) is 4.90 Å². The maximum atomic E-state index is 13.4. The summed E-state index contributed by atoms with van der Waals surface area (Å²) in [6.07, 6.45) is 8.55. The highest BCUT2D eigenvalue weighted by atomic mass is 19.1. The lowest BCUT2D eigenvalue weighted by atomic mass is 9.54. The van der Waals surface area contributed by atoms with Gasteiger partial charge in [0.15, 0.2) is 0 Å². The number of amides is 1. The highest BCUT2D eigenvalue weighted by molar-refractivity contribution is 5.85. The van der Waals surface area contributed by atoms with Gasteiger partial charge in [0, 0.05) is 12.6 Å². The molecule has 134 valence electrons. The Hall–Kier alpha value is -1.38. The van der Waals surface area contributed by atoms with E-state index in [1.807, 2.05) is 12.1 Å². The van der Waals surface area contributed by atoms with Crippen LogP contribution in [-0.4, -0.2) is 23.4 Å². The summed E-state index contributed by atoms with van der Waals surface area (Å²) in [6, 6.07) is 7.19. The molecule has 1 unspecified atom stereocenters. The Balaban J connectivity index is 1.35. The van der Waals surface area contributed by atoms with Crippen molar-refractivity contribution >= 4 is 5.91 Å². The van der Waals surface area contributed by atoms with Gasteiger partial charge in [-0.05, 0) is 86.3 Å². The molecule has 0 N–H and O–H groups in total. The molecule has 1 atom stereocenters. The summed E-state index contributed by atoms with van der Waals surface area (Å²) in [4.78, 5) is 15.6. The van der Waals surface area contributed by atoms with Gasteiger partial charge in [0.2, 0.25) is 5.91 Å². The van der Waals surface area contributed by atoms with Crippen LogP contribution < -0.4 is 0 Å². The van der Waals surface area contributed by atoms with E-state index in [-0.39, 0.29) is 11.2 Å². The zero-order chi connectivity index (χ0) is 17.2. The van der Waals surface area contributed by atoms with E-state index in [2.05, 4.69) is 11.8 Å². The van der Waals surface area contributed by atoms with Crippen LogP contribution in [0.25, 0.3) is 0 Å². The third kappa shape index (κ3) is 2.53. The number of likely N-dealkylation sites (tertiary alicyclic amines) is 1. The SMILES string of the molecule is CC1(Cc2ccc(F)cc2)CCN(C2C3CC4CC(C3)CC2C4)C1=O. The van der Waals surface area contributed by atoms with Crippen molar-refractivity contribution in [3.63, 3.8) is 0 Å². The number of carbonyl (C=O) groups excluding carboxylic acids is 1. The molecular weight excluding hydrogens is 313 g/mol. The highest BCUT2D eigenvalue weighted by Crippen LogP contribution is 2.56. The molecule has 1 aromatic rings. The predicted octanol–water partition coefficient (Wildman–Crippen LogP) is 4.43. The van der Waals surface area contributed by atoms with Gasteiger partial charge in [0.05, 0.1) is 5.41 Å². The number of halogens is 1. The molecule has 3 heteroatoms.